The summed E-state index contributed by atoms with van der Waals surface area (Å²) in [7, 11) is -3.31. The average molecular weight is 347 g/mol. The van der Waals surface area contributed by atoms with Crippen molar-refractivity contribution in [1.29, 1.82) is 0 Å². The third kappa shape index (κ3) is 2.90. The highest BCUT2D eigenvalue weighted by Crippen LogP contribution is 2.26. The lowest BCUT2D eigenvalue weighted by atomic mass is 10.1. The largest absolute Gasteiger partial charge is 0.424 e. The Morgan fingerprint density at radius 1 is 1.00 bits per heavy atom. The molecular formula is C17H14FNO4S. The molecule has 0 amide bonds. The van der Waals surface area contributed by atoms with Crippen LogP contribution < -0.4 is 5.76 Å². The van der Waals surface area contributed by atoms with Gasteiger partial charge in [0.2, 0.25) is 0 Å². The second kappa shape index (κ2) is 5.76. The first-order valence-corrected chi connectivity index (χ1v) is 8.95. The van der Waals surface area contributed by atoms with E-state index in [4.69, 9.17) is 4.42 Å². The Balaban J connectivity index is 2.18. The summed E-state index contributed by atoms with van der Waals surface area (Å²) in [6.45, 7) is 1.64. The number of aromatic nitrogens is 1. The van der Waals surface area contributed by atoms with E-state index >= 15 is 0 Å². The molecule has 1 aromatic heterocycles. The summed E-state index contributed by atoms with van der Waals surface area (Å²) in [6, 6.07) is 11.6. The molecule has 24 heavy (non-hydrogen) atoms. The third-order valence-corrected chi connectivity index (χ3v) is 4.75. The summed E-state index contributed by atoms with van der Waals surface area (Å²) in [5, 5.41) is 0. The molecule has 0 saturated heterocycles. The first-order chi connectivity index (χ1) is 11.3. The van der Waals surface area contributed by atoms with Crippen molar-refractivity contribution >= 4 is 9.84 Å². The van der Waals surface area contributed by atoms with Crippen LogP contribution in [0.25, 0.3) is 16.9 Å². The number of rotatable bonds is 3. The molecule has 0 bridgehead atoms. The van der Waals surface area contributed by atoms with E-state index in [-0.39, 0.29) is 4.90 Å². The van der Waals surface area contributed by atoms with Crippen molar-refractivity contribution in [3.63, 3.8) is 0 Å². The van der Waals surface area contributed by atoms with Gasteiger partial charge in [-0.25, -0.2) is 22.2 Å². The van der Waals surface area contributed by atoms with Crippen molar-refractivity contribution in [3.05, 3.63) is 70.7 Å². The standard InChI is InChI=1S/C17H14FNO4S/c1-11-16(12-3-9-15(10-4-12)24(2,21)22)19(17(20)23-11)14-7-5-13(18)6-8-14/h3-10H,1-2H3. The molecule has 7 heteroatoms. The summed E-state index contributed by atoms with van der Waals surface area (Å²) in [4.78, 5) is 12.3. The van der Waals surface area contributed by atoms with Crippen molar-refractivity contribution in [1.82, 2.24) is 4.57 Å². The fraction of sp³-hybridized carbons (Fsp3) is 0.118. The van der Waals surface area contributed by atoms with Gasteiger partial charge in [0.05, 0.1) is 16.3 Å². The second-order valence-electron chi connectivity index (χ2n) is 5.38. The molecule has 5 nitrogen and oxygen atoms in total. The Morgan fingerprint density at radius 3 is 2.12 bits per heavy atom. The SMILES string of the molecule is Cc1oc(=O)n(-c2ccc(F)cc2)c1-c1ccc(S(C)(=O)=O)cc1. The summed E-state index contributed by atoms with van der Waals surface area (Å²) in [6.07, 6.45) is 1.12. The summed E-state index contributed by atoms with van der Waals surface area (Å²) >= 11 is 0. The normalized spacial score (nSPS) is 11.6. The van der Waals surface area contributed by atoms with E-state index in [0.717, 1.165) is 6.26 Å². The van der Waals surface area contributed by atoms with Gasteiger partial charge >= 0.3 is 5.76 Å². The van der Waals surface area contributed by atoms with Crippen LogP contribution in [0.3, 0.4) is 0 Å². The van der Waals surface area contributed by atoms with Crippen molar-refractivity contribution in [2.75, 3.05) is 6.26 Å². The lowest BCUT2D eigenvalue weighted by Crippen LogP contribution is -2.13. The Hall–Kier alpha value is -2.67. The van der Waals surface area contributed by atoms with Gasteiger partial charge in [0.25, 0.3) is 0 Å². The van der Waals surface area contributed by atoms with Crippen molar-refractivity contribution < 1.29 is 17.2 Å². The predicted molar refractivity (Wildman–Crippen MR) is 87.5 cm³/mol. The van der Waals surface area contributed by atoms with E-state index in [2.05, 4.69) is 0 Å². The molecule has 0 saturated carbocycles. The number of hydrogen-bond acceptors (Lipinski definition) is 4. The Bertz CT molecular complexity index is 1050. The maximum atomic E-state index is 13.1. The topological polar surface area (TPSA) is 69.3 Å². The van der Waals surface area contributed by atoms with Gasteiger partial charge in [-0.1, -0.05) is 12.1 Å². The van der Waals surface area contributed by atoms with Crippen molar-refractivity contribution in [2.24, 2.45) is 0 Å². The van der Waals surface area contributed by atoms with E-state index in [9.17, 15) is 17.6 Å². The van der Waals surface area contributed by atoms with Gasteiger partial charge in [-0.05, 0) is 43.3 Å². The smallest absolute Gasteiger partial charge is 0.412 e. The van der Waals surface area contributed by atoms with Crippen LogP contribution >= 0.6 is 0 Å². The maximum Gasteiger partial charge on any atom is 0.424 e. The van der Waals surface area contributed by atoms with E-state index in [1.54, 1.807) is 19.1 Å². The van der Waals surface area contributed by atoms with Gasteiger partial charge < -0.3 is 4.42 Å². The molecule has 0 aliphatic heterocycles. The first-order valence-electron chi connectivity index (χ1n) is 7.06. The quantitative estimate of drug-likeness (QED) is 0.730. The van der Waals surface area contributed by atoms with Crippen LogP contribution in [-0.2, 0) is 9.84 Å². The fourth-order valence-corrected chi connectivity index (χ4v) is 3.12. The van der Waals surface area contributed by atoms with Crippen LogP contribution in [0, 0.1) is 12.7 Å². The molecule has 3 aromatic rings. The molecular weight excluding hydrogens is 333 g/mol. The van der Waals surface area contributed by atoms with Crippen LogP contribution in [-0.4, -0.2) is 19.2 Å². The Labute approximate surface area is 137 Å². The highest BCUT2D eigenvalue weighted by molar-refractivity contribution is 7.90. The lowest BCUT2D eigenvalue weighted by molar-refractivity contribution is 0.479. The molecule has 0 spiro atoms. The average Bonchev–Trinajstić information content (AvgIpc) is 2.82. The third-order valence-electron chi connectivity index (χ3n) is 3.62. The summed E-state index contributed by atoms with van der Waals surface area (Å²) in [5.41, 5.74) is 1.57. The minimum Gasteiger partial charge on any atom is -0.412 e. The molecule has 0 unspecified atom stereocenters. The summed E-state index contributed by atoms with van der Waals surface area (Å²) in [5.74, 6) is -0.621. The van der Waals surface area contributed by atoms with Gasteiger partial charge in [-0.15, -0.1) is 0 Å². The maximum absolute atomic E-state index is 13.1. The van der Waals surface area contributed by atoms with E-state index in [1.165, 1.54) is 41.0 Å². The van der Waals surface area contributed by atoms with Crippen molar-refractivity contribution in [2.45, 2.75) is 11.8 Å². The highest BCUT2D eigenvalue weighted by atomic mass is 32.2. The predicted octanol–water partition coefficient (Wildman–Crippen LogP) is 2.95. The van der Waals surface area contributed by atoms with Gasteiger partial charge in [0.1, 0.15) is 11.6 Å². The second-order valence-corrected chi connectivity index (χ2v) is 7.40. The van der Waals surface area contributed by atoms with E-state index < -0.39 is 21.4 Å². The highest BCUT2D eigenvalue weighted by Gasteiger charge is 2.18. The molecule has 0 N–H and O–H groups in total. The van der Waals surface area contributed by atoms with Crippen LogP contribution in [0.4, 0.5) is 4.39 Å². The van der Waals surface area contributed by atoms with E-state index in [0.29, 0.717) is 22.7 Å². The van der Waals surface area contributed by atoms with Crippen molar-refractivity contribution in [3.8, 4) is 16.9 Å². The number of sulfone groups is 1. The number of aryl methyl sites for hydroxylation is 1. The Morgan fingerprint density at radius 2 is 1.58 bits per heavy atom. The van der Waals surface area contributed by atoms with Crippen LogP contribution in [0.15, 0.2) is 62.6 Å². The number of oxazole rings is 1. The minimum absolute atomic E-state index is 0.183. The van der Waals surface area contributed by atoms with Gasteiger partial charge in [0, 0.05) is 11.8 Å². The van der Waals surface area contributed by atoms with Crippen LogP contribution in [0.1, 0.15) is 5.76 Å². The molecule has 0 radical (unpaired) electrons. The molecule has 3 rings (SSSR count). The molecule has 0 fully saturated rings. The number of halogens is 1. The zero-order valence-electron chi connectivity index (χ0n) is 13.0. The summed E-state index contributed by atoms with van der Waals surface area (Å²) < 4.78 is 42.7. The number of benzene rings is 2. The monoisotopic (exact) mass is 347 g/mol. The fourth-order valence-electron chi connectivity index (χ4n) is 2.49. The van der Waals surface area contributed by atoms with Crippen LogP contribution in [0.2, 0.25) is 0 Å². The molecule has 124 valence electrons. The van der Waals surface area contributed by atoms with Crippen LogP contribution in [0.5, 0.6) is 0 Å². The Kier molecular flexibility index (Phi) is 3.88. The zero-order chi connectivity index (χ0) is 17.5. The van der Waals surface area contributed by atoms with E-state index in [1.807, 2.05) is 0 Å². The van der Waals surface area contributed by atoms with Gasteiger partial charge in [-0.3, -0.25) is 0 Å². The molecule has 0 aliphatic carbocycles. The van der Waals surface area contributed by atoms with Gasteiger partial charge in [-0.2, -0.15) is 0 Å². The lowest BCUT2D eigenvalue weighted by Gasteiger charge is -2.08. The first kappa shape index (κ1) is 16.2. The zero-order valence-corrected chi connectivity index (χ0v) is 13.8. The number of nitrogens with zero attached hydrogens (tertiary/aromatic N) is 1. The number of hydrogen-bond donors (Lipinski definition) is 0. The molecule has 2 aromatic carbocycles. The molecule has 0 aliphatic rings. The molecule has 0 atom stereocenters. The minimum atomic E-state index is -3.31. The molecule has 1 heterocycles. The van der Waals surface area contributed by atoms with Gasteiger partial charge in [0.15, 0.2) is 9.84 Å².